The number of aromatic nitrogens is 1. The number of nitrogens with one attached hydrogen (secondary N) is 2. The fourth-order valence-electron chi connectivity index (χ4n) is 1.30. The Kier molecular flexibility index (Phi) is 4.94. The Balaban J connectivity index is 2.75. The Labute approximate surface area is 104 Å². The molecule has 1 heterocycles. The van der Waals surface area contributed by atoms with E-state index in [0.29, 0.717) is 6.04 Å². The third-order valence-electron chi connectivity index (χ3n) is 1.97. The lowest BCUT2D eigenvalue weighted by Crippen LogP contribution is -2.36. The number of pyridine rings is 1. The van der Waals surface area contributed by atoms with Crippen molar-refractivity contribution in [3.63, 3.8) is 0 Å². The molecule has 0 spiro atoms. The maximum atomic E-state index is 4.49. The van der Waals surface area contributed by atoms with Crippen LogP contribution in [-0.2, 0) is 0 Å². The molecule has 0 aliphatic rings. The molecule has 0 amide bonds. The molecule has 0 aromatic carbocycles. The highest BCUT2D eigenvalue weighted by molar-refractivity contribution is 5.93. The van der Waals surface area contributed by atoms with Crippen molar-refractivity contribution >= 4 is 11.8 Å². The summed E-state index contributed by atoms with van der Waals surface area (Å²) in [4.78, 5) is 8.79. The fraction of sp³-hybridized carbons (Fsp3) is 0.538. The second-order valence-electron chi connectivity index (χ2n) is 4.72. The highest BCUT2D eigenvalue weighted by Gasteiger charge is 2.03. The second-order valence-corrected chi connectivity index (χ2v) is 4.72. The first-order valence-corrected chi connectivity index (χ1v) is 6.01. The Hall–Kier alpha value is -1.58. The number of hydrogen-bond donors (Lipinski definition) is 2. The highest BCUT2D eigenvalue weighted by atomic mass is 15.2. The number of hydrogen-bond acceptors (Lipinski definition) is 2. The number of rotatable bonds is 3. The van der Waals surface area contributed by atoms with E-state index in [1.54, 1.807) is 0 Å². The molecule has 0 bridgehead atoms. The van der Waals surface area contributed by atoms with E-state index in [9.17, 15) is 0 Å². The van der Waals surface area contributed by atoms with Crippen molar-refractivity contribution in [3.8, 4) is 0 Å². The summed E-state index contributed by atoms with van der Waals surface area (Å²) < 4.78 is 0. The van der Waals surface area contributed by atoms with Crippen molar-refractivity contribution < 1.29 is 0 Å². The van der Waals surface area contributed by atoms with Gasteiger partial charge in [-0.25, -0.2) is 4.98 Å². The molecule has 17 heavy (non-hydrogen) atoms. The van der Waals surface area contributed by atoms with E-state index in [0.717, 1.165) is 17.3 Å². The number of aliphatic imine (C=N–C) groups is 1. The van der Waals surface area contributed by atoms with Crippen molar-refractivity contribution in [2.45, 2.75) is 46.7 Å². The summed E-state index contributed by atoms with van der Waals surface area (Å²) in [5.41, 5.74) is 1.15. The van der Waals surface area contributed by atoms with Crippen LogP contribution in [0.25, 0.3) is 0 Å². The first-order chi connectivity index (χ1) is 7.97. The molecule has 0 saturated carbocycles. The van der Waals surface area contributed by atoms with Crippen molar-refractivity contribution in [1.29, 1.82) is 0 Å². The summed E-state index contributed by atoms with van der Waals surface area (Å²) in [5.74, 6) is 1.58. The van der Waals surface area contributed by atoms with Gasteiger partial charge in [0.1, 0.15) is 5.82 Å². The van der Waals surface area contributed by atoms with Gasteiger partial charge in [-0.2, -0.15) is 0 Å². The minimum Gasteiger partial charge on any atom is -0.354 e. The summed E-state index contributed by atoms with van der Waals surface area (Å²) in [6, 6.07) is 4.56. The molecule has 0 aliphatic carbocycles. The molecule has 4 heteroatoms. The molecule has 2 N–H and O–H groups in total. The monoisotopic (exact) mass is 234 g/mol. The topological polar surface area (TPSA) is 49.3 Å². The van der Waals surface area contributed by atoms with Crippen molar-refractivity contribution in [1.82, 2.24) is 10.3 Å². The third kappa shape index (κ3) is 5.33. The zero-order valence-electron chi connectivity index (χ0n) is 11.3. The number of nitrogens with zero attached hydrogens (tertiary/aromatic N) is 2. The van der Waals surface area contributed by atoms with Gasteiger partial charge in [0.05, 0.1) is 0 Å². The molecule has 1 aromatic heterocycles. The molecule has 0 fully saturated rings. The minimum absolute atomic E-state index is 0.245. The van der Waals surface area contributed by atoms with Crippen molar-refractivity contribution in [3.05, 3.63) is 23.9 Å². The molecule has 0 radical (unpaired) electrons. The molecule has 0 aliphatic heterocycles. The first-order valence-electron chi connectivity index (χ1n) is 6.01. The van der Waals surface area contributed by atoms with Crippen LogP contribution >= 0.6 is 0 Å². The molecule has 0 unspecified atom stereocenters. The smallest absolute Gasteiger partial charge is 0.197 e. The SMILES string of the molecule is Cc1ccc(NC(=NC(C)C)NC(C)C)nc1. The molecule has 94 valence electrons. The van der Waals surface area contributed by atoms with E-state index in [2.05, 4.69) is 34.5 Å². The van der Waals surface area contributed by atoms with Gasteiger partial charge >= 0.3 is 0 Å². The van der Waals surface area contributed by atoms with Crippen LogP contribution in [0.4, 0.5) is 5.82 Å². The number of aryl methyl sites for hydroxylation is 1. The molecule has 1 aromatic rings. The van der Waals surface area contributed by atoms with Crippen LogP contribution in [0.5, 0.6) is 0 Å². The molecular formula is C13H22N4. The van der Waals surface area contributed by atoms with E-state index in [1.807, 2.05) is 39.1 Å². The quantitative estimate of drug-likeness (QED) is 0.624. The van der Waals surface area contributed by atoms with Crippen LogP contribution in [0.1, 0.15) is 33.3 Å². The lowest BCUT2D eigenvalue weighted by Gasteiger charge is -2.15. The third-order valence-corrected chi connectivity index (χ3v) is 1.97. The van der Waals surface area contributed by atoms with Gasteiger partial charge in [0.2, 0.25) is 0 Å². The molecule has 1 rings (SSSR count). The lowest BCUT2D eigenvalue weighted by molar-refractivity contribution is 0.717. The summed E-state index contributed by atoms with van der Waals surface area (Å²) in [6.07, 6.45) is 1.84. The summed E-state index contributed by atoms with van der Waals surface area (Å²) in [7, 11) is 0. The molecule has 4 nitrogen and oxygen atoms in total. The van der Waals surface area contributed by atoms with E-state index in [-0.39, 0.29) is 6.04 Å². The van der Waals surface area contributed by atoms with Gasteiger partial charge in [-0.1, -0.05) is 6.07 Å². The van der Waals surface area contributed by atoms with Crippen LogP contribution in [0.3, 0.4) is 0 Å². The van der Waals surface area contributed by atoms with Crippen LogP contribution in [-0.4, -0.2) is 23.0 Å². The Bertz CT molecular complexity index is 366. The average molecular weight is 234 g/mol. The van der Waals surface area contributed by atoms with Gasteiger partial charge in [0.15, 0.2) is 5.96 Å². The first kappa shape index (κ1) is 13.5. The second kappa shape index (κ2) is 6.23. The van der Waals surface area contributed by atoms with Crippen LogP contribution in [0.15, 0.2) is 23.3 Å². The number of guanidine groups is 1. The van der Waals surface area contributed by atoms with Crippen molar-refractivity contribution in [2.24, 2.45) is 4.99 Å². The predicted octanol–water partition coefficient (Wildman–Crippen LogP) is 2.56. The van der Waals surface area contributed by atoms with Gasteiger partial charge in [-0.3, -0.25) is 4.99 Å². The zero-order chi connectivity index (χ0) is 12.8. The molecular weight excluding hydrogens is 212 g/mol. The van der Waals surface area contributed by atoms with E-state index >= 15 is 0 Å². The van der Waals surface area contributed by atoms with E-state index in [1.165, 1.54) is 0 Å². The van der Waals surface area contributed by atoms with Gasteiger partial charge in [-0.15, -0.1) is 0 Å². The van der Waals surface area contributed by atoms with E-state index < -0.39 is 0 Å². The minimum atomic E-state index is 0.245. The zero-order valence-corrected chi connectivity index (χ0v) is 11.3. The largest absolute Gasteiger partial charge is 0.354 e. The Morgan fingerprint density at radius 1 is 1.24 bits per heavy atom. The maximum Gasteiger partial charge on any atom is 0.197 e. The lowest BCUT2D eigenvalue weighted by atomic mass is 10.3. The van der Waals surface area contributed by atoms with Gasteiger partial charge < -0.3 is 10.6 Å². The van der Waals surface area contributed by atoms with E-state index in [4.69, 9.17) is 0 Å². The van der Waals surface area contributed by atoms with Gasteiger partial charge in [0.25, 0.3) is 0 Å². The van der Waals surface area contributed by atoms with Gasteiger partial charge in [-0.05, 0) is 46.2 Å². The Morgan fingerprint density at radius 2 is 1.94 bits per heavy atom. The predicted molar refractivity (Wildman–Crippen MR) is 73.4 cm³/mol. The van der Waals surface area contributed by atoms with Crippen LogP contribution in [0, 0.1) is 6.92 Å². The summed E-state index contributed by atoms with van der Waals surface area (Å²) in [6.45, 7) is 10.3. The Morgan fingerprint density at radius 3 is 2.41 bits per heavy atom. The van der Waals surface area contributed by atoms with Crippen LogP contribution < -0.4 is 10.6 Å². The van der Waals surface area contributed by atoms with Crippen molar-refractivity contribution in [2.75, 3.05) is 5.32 Å². The molecule has 0 atom stereocenters. The highest BCUT2D eigenvalue weighted by Crippen LogP contribution is 2.04. The fourth-order valence-corrected chi connectivity index (χ4v) is 1.30. The maximum absolute atomic E-state index is 4.49. The number of anilines is 1. The summed E-state index contributed by atoms with van der Waals surface area (Å²) >= 11 is 0. The normalized spacial score (nSPS) is 12.1. The standard InChI is InChI=1S/C13H22N4/c1-9(2)15-13(16-10(3)4)17-12-7-6-11(5)8-14-12/h6-10H,1-5H3,(H2,14,15,16,17). The summed E-state index contributed by atoms with van der Waals surface area (Å²) in [5, 5.41) is 6.47. The average Bonchev–Trinajstić information content (AvgIpc) is 2.19. The van der Waals surface area contributed by atoms with Crippen LogP contribution in [0.2, 0.25) is 0 Å². The van der Waals surface area contributed by atoms with Gasteiger partial charge in [0, 0.05) is 18.3 Å². The molecule has 0 saturated heterocycles.